The Bertz CT molecular complexity index is 596. The van der Waals surface area contributed by atoms with Crippen LogP contribution in [0.2, 0.25) is 0 Å². The van der Waals surface area contributed by atoms with Crippen molar-refractivity contribution in [2.75, 3.05) is 0 Å². The Hall–Kier alpha value is -0.700. The first-order valence-electron chi connectivity index (χ1n) is 9.09. The first-order chi connectivity index (χ1) is 10.5. The van der Waals surface area contributed by atoms with Crippen LogP contribution in [0.3, 0.4) is 0 Å². The summed E-state index contributed by atoms with van der Waals surface area (Å²) in [6, 6.07) is 0. The topological polar surface area (TPSA) is 37.3 Å². The Kier molecular flexibility index (Phi) is 2.51. The van der Waals surface area contributed by atoms with Crippen LogP contribution >= 0.6 is 0 Å². The highest BCUT2D eigenvalue weighted by Crippen LogP contribution is 2.81. The second kappa shape index (κ2) is 4.03. The van der Waals surface area contributed by atoms with Crippen molar-refractivity contribution >= 4 is 5.78 Å². The van der Waals surface area contributed by atoms with E-state index in [-0.39, 0.29) is 23.1 Å². The summed E-state index contributed by atoms with van der Waals surface area (Å²) < 4.78 is 14.3. The van der Waals surface area contributed by atoms with Gasteiger partial charge < -0.3 is 5.11 Å². The first kappa shape index (κ1) is 13.7. The van der Waals surface area contributed by atoms with Crippen LogP contribution in [-0.4, -0.2) is 17.0 Å². The van der Waals surface area contributed by atoms with E-state index < -0.39 is 0 Å². The predicted octanol–water partition coefficient (Wildman–Crippen LogP) is 3.79. The fourth-order valence-corrected chi connectivity index (χ4v) is 7.45. The molecule has 0 bridgehead atoms. The number of ketones is 1. The van der Waals surface area contributed by atoms with E-state index in [2.05, 4.69) is 6.92 Å². The molecule has 4 fully saturated rings. The number of halogens is 1. The molecular formula is C19H25FO2. The molecule has 5 rings (SSSR count). The number of aliphatic hydroxyl groups excluding tert-OH is 1. The molecular weight excluding hydrogens is 279 g/mol. The minimum Gasteiger partial charge on any atom is -0.393 e. The van der Waals surface area contributed by atoms with E-state index in [1.807, 2.05) is 0 Å². The molecule has 0 aromatic rings. The normalized spacial score (nSPS) is 56.1. The molecule has 0 radical (unpaired) electrons. The molecule has 3 unspecified atom stereocenters. The van der Waals surface area contributed by atoms with Gasteiger partial charge in [-0.2, -0.15) is 0 Å². The maximum atomic E-state index is 14.3. The van der Waals surface area contributed by atoms with Crippen molar-refractivity contribution in [1.29, 1.82) is 0 Å². The molecule has 0 aromatic carbocycles. The third-order valence-electron chi connectivity index (χ3n) is 8.53. The minimum absolute atomic E-state index is 0.100. The van der Waals surface area contributed by atoms with Crippen molar-refractivity contribution in [1.82, 2.24) is 0 Å². The molecule has 2 nitrogen and oxygen atoms in total. The van der Waals surface area contributed by atoms with Crippen LogP contribution in [-0.2, 0) is 4.79 Å². The standard InChI is InChI=1S/C19H25FO2/c1-18-7-6-12-11-3-5-15(21)17(20)13(11)2-4-14(12)19(18)9-10(19)8-16(18)22/h10-12,14,16,22H,2-9H2,1H3/t10-,11?,12?,14?,16-,18+,19+/m0/s1. The number of aliphatic hydroxyl groups is 1. The van der Waals surface area contributed by atoms with Crippen molar-refractivity contribution < 1.29 is 14.3 Å². The van der Waals surface area contributed by atoms with Crippen LogP contribution < -0.4 is 0 Å². The molecule has 3 heteroatoms. The Balaban J connectivity index is 1.54. The van der Waals surface area contributed by atoms with Gasteiger partial charge in [0.15, 0.2) is 11.6 Å². The lowest BCUT2D eigenvalue weighted by Gasteiger charge is -2.55. The number of hydrogen-bond acceptors (Lipinski definition) is 2. The predicted molar refractivity (Wildman–Crippen MR) is 80.6 cm³/mol. The summed E-state index contributed by atoms with van der Waals surface area (Å²) in [7, 11) is 0. The monoisotopic (exact) mass is 304 g/mol. The lowest BCUT2D eigenvalue weighted by molar-refractivity contribution is -0.119. The zero-order valence-corrected chi connectivity index (χ0v) is 13.3. The number of allylic oxidation sites excluding steroid dienone is 1. The summed E-state index contributed by atoms with van der Waals surface area (Å²) in [5.41, 5.74) is 1.30. The highest BCUT2D eigenvalue weighted by molar-refractivity contribution is 5.95. The van der Waals surface area contributed by atoms with Gasteiger partial charge in [-0.25, -0.2) is 4.39 Å². The van der Waals surface area contributed by atoms with Crippen LogP contribution in [0.4, 0.5) is 4.39 Å². The Labute approximate surface area is 131 Å². The minimum atomic E-state index is -0.390. The zero-order valence-electron chi connectivity index (χ0n) is 13.3. The van der Waals surface area contributed by atoms with Gasteiger partial charge in [0.05, 0.1) is 6.10 Å². The summed E-state index contributed by atoms with van der Waals surface area (Å²) in [6.07, 6.45) is 7.43. The van der Waals surface area contributed by atoms with Crippen molar-refractivity contribution in [2.24, 2.45) is 34.5 Å². The fourth-order valence-electron chi connectivity index (χ4n) is 7.45. The third kappa shape index (κ3) is 1.35. The summed E-state index contributed by atoms with van der Waals surface area (Å²) in [6.45, 7) is 2.32. The highest BCUT2D eigenvalue weighted by Gasteiger charge is 2.77. The van der Waals surface area contributed by atoms with Gasteiger partial charge in [-0.3, -0.25) is 4.79 Å². The van der Waals surface area contributed by atoms with Gasteiger partial charge in [0, 0.05) is 6.42 Å². The number of carbonyl (C=O) groups excluding carboxylic acids is 1. The first-order valence-corrected chi connectivity index (χ1v) is 9.09. The number of carbonyl (C=O) groups is 1. The Morgan fingerprint density at radius 3 is 2.86 bits per heavy atom. The lowest BCUT2D eigenvalue weighted by Crippen LogP contribution is -2.50. The molecule has 5 aliphatic rings. The second-order valence-corrected chi connectivity index (χ2v) is 8.87. The van der Waals surface area contributed by atoms with E-state index in [1.54, 1.807) is 0 Å². The number of fused-ring (bicyclic) bond motifs is 3. The average Bonchev–Trinajstić information content (AvgIpc) is 3.16. The van der Waals surface area contributed by atoms with Gasteiger partial charge in [0.25, 0.3) is 0 Å². The zero-order chi connectivity index (χ0) is 15.3. The van der Waals surface area contributed by atoms with E-state index >= 15 is 0 Å². The van der Waals surface area contributed by atoms with E-state index in [1.165, 1.54) is 6.42 Å². The van der Waals surface area contributed by atoms with Crippen LogP contribution in [0.15, 0.2) is 11.4 Å². The van der Waals surface area contributed by atoms with Gasteiger partial charge in [-0.1, -0.05) is 6.92 Å². The van der Waals surface area contributed by atoms with E-state index in [0.717, 1.165) is 44.1 Å². The maximum absolute atomic E-state index is 14.3. The van der Waals surface area contributed by atoms with Crippen molar-refractivity contribution in [2.45, 2.75) is 64.4 Å². The molecule has 0 saturated heterocycles. The van der Waals surface area contributed by atoms with E-state index in [4.69, 9.17) is 0 Å². The highest BCUT2D eigenvalue weighted by atomic mass is 19.1. The van der Waals surface area contributed by atoms with Gasteiger partial charge in [0.1, 0.15) is 0 Å². The second-order valence-electron chi connectivity index (χ2n) is 8.87. The summed E-state index contributed by atoms with van der Waals surface area (Å²) in [5, 5.41) is 10.6. The fraction of sp³-hybridized carbons (Fsp3) is 0.842. The molecule has 0 amide bonds. The lowest BCUT2D eigenvalue weighted by atomic mass is 9.49. The van der Waals surface area contributed by atoms with Gasteiger partial charge in [-0.15, -0.1) is 0 Å². The summed E-state index contributed by atoms with van der Waals surface area (Å²) >= 11 is 0. The molecule has 5 aliphatic carbocycles. The molecule has 4 saturated carbocycles. The van der Waals surface area contributed by atoms with E-state index in [0.29, 0.717) is 35.5 Å². The van der Waals surface area contributed by atoms with Crippen molar-refractivity contribution in [3.8, 4) is 0 Å². The molecule has 0 aliphatic heterocycles. The quantitative estimate of drug-likeness (QED) is 0.739. The molecule has 0 aromatic heterocycles. The largest absolute Gasteiger partial charge is 0.393 e. The average molecular weight is 304 g/mol. The molecule has 120 valence electrons. The van der Waals surface area contributed by atoms with Crippen LogP contribution in [0.5, 0.6) is 0 Å². The Morgan fingerprint density at radius 1 is 1.23 bits per heavy atom. The summed E-state index contributed by atoms with van der Waals surface area (Å²) in [5.74, 6) is 1.59. The Morgan fingerprint density at radius 2 is 2.05 bits per heavy atom. The molecule has 7 atom stereocenters. The van der Waals surface area contributed by atoms with E-state index in [9.17, 15) is 14.3 Å². The molecule has 22 heavy (non-hydrogen) atoms. The maximum Gasteiger partial charge on any atom is 0.191 e. The van der Waals surface area contributed by atoms with Crippen LogP contribution in [0, 0.1) is 34.5 Å². The summed E-state index contributed by atoms with van der Waals surface area (Å²) in [4.78, 5) is 11.7. The molecule has 1 N–H and O–H groups in total. The van der Waals surface area contributed by atoms with Crippen LogP contribution in [0.1, 0.15) is 58.3 Å². The van der Waals surface area contributed by atoms with Crippen molar-refractivity contribution in [3.63, 3.8) is 0 Å². The van der Waals surface area contributed by atoms with Gasteiger partial charge in [0.2, 0.25) is 0 Å². The van der Waals surface area contributed by atoms with Crippen LogP contribution in [0.25, 0.3) is 0 Å². The molecule has 1 spiro atoms. The van der Waals surface area contributed by atoms with Crippen molar-refractivity contribution in [3.05, 3.63) is 11.4 Å². The van der Waals surface area contributed by atoms with Gasteiger partial charge in [-0.05, 0) is 85.0 Å². The number of Topliss-reactive ketones (excluding diaryl/α,β-unsaturated/α-hetero) is 1. The molecule has 0 heterocycles. The smallest absolute Gasteiger partial charge is 0.191 e. The SMILES string of the molecule is C[C@]12CCC3C4CCC(=O)C(F)=C4CCC3[C@]13C[C@@H]3C[C@@H]2O. The van der Waals surface area contributed by atoms with Gasteiger partial charge >= 0.3 is 0 Å². The third-order valence-corrected chi connectivity index (χ3v) is 8.53. The number of hydrogen-bond donors (Lipinski definition) is 1. The number of rotatable bonds is 0.